The molecule has 2 aliphatic heterocycles. The molecule has 8 nitrogen and oxygen atoms in total. The molecule has 34 heavy (non-hydrogen) atoms. The van der Waals surface area contributed by atoms with Gasteiger partial charge in [0.1, 0.15) is 22.9 Å². The Hall–Kier alpha value is -2.87. The molecular formula is C25H31ClN8. The second-order valence-electron chi connectivity index (χ2n) is 9.97. The minimum absolute atomic E-state index is 0.292. The summed E-state index contributed by atoms with van der Waals surface area (Å²) in [7, 11) is 0. The van der Waals surface area contributed by atoms with Gasteiger partial charge in [0, 0.05) is 55.7 Å². The summed E-state index contributed by atoms with van der Waals surface area (Å²) in [6.07, 6.45) is 7.78. The normalized spacial score (nSPS) is 26.9. The Morgan fingerprint density at radius 2 is 2.06 bits per heavy atom. The van der Waals surface area contributed by atoms with E-state index in [0.29, 0.717) is 29.1 Å². The van der Waals surface area contributed by atoms with Crippen LogP contribution < -0.4 is 15.5 Å². The summed E-state index contributed by atoms with van der Waals surface area (Å²) in [5.41, 5.74) is 10.4. The summed E-state index contributed by atoms with van der Waals surface area (Å²) in [6.45, 7) is 7.03. The third-order valence-electron chi connectivity index (χ3n) is 7.91. The highest BCUT2D eigenvalue weighted by atomic mass is 35.5. The molecule has 4 atom stereocenters. The van der Waals surface area contributed by atoms with E-state index in [1.807, 2.05) is 12.3 Å². The standard InChI is InChI=1S/C25H31ClN8/c1-3-22(27)32-23-15-4-5-16(23)11-33(10-15)25-18-12-34(14(2)8-19(18)29-13-30-25)20-9-21(26)31-24-17(20)6-7-28-24/h6-7,9,13-16,23H,3-5,8,10-12H2,1-2H3,(H2,27,32)(H,28,31)/t14-,15-,16+,23?/m1/s1. The number of aliphatic imine (C=N–C) groups is 1. The van der Waals surface area contributed by atoms with Crippen LogP contribution in [0.5, 0.6) is 0 Å². The number of nitrogens with two attached hydrogens (primary N) is 1. The van der Waals surface area contributed by atoms with Gasteiger partial charge in [-0.1, -0.05) is 18.5 Å². The van der Waals surface area contributed by atoms with Gasteiger partial charge in [-0.05, 0) is 43.7 Å². The predicted octanol–water partition coefficient (Wildman–Crippen LogP) is 3.94. The van der Waals surface area contributed by atoms with E-state index in [4.69, 9.17) is 32.3 Å². The molecule has 3 aliphatic rings. The Morgan fingerprint density at radius 1 is 1.26 bits per heavy atom. The van der Waals surface area contributed by atoms with Gasteiger partial charge in [0.2, 0.25) is 0 Å². The smallest absolute Gasteiger partial charge is 0.141 e. The molecule has 1 saturated carbocycles. The lowest BCUT2D eigenvalue weighted by atomic mass is 9.91. The number of amidine groups is 1. The molecule has 0 amide bonds. The van der Waals surface area contributed by atoms with Crippen molar-refractivity contribution in [3.63, 3.8) is 0 Å². The molecule has 1 unspecified atom stereocenters. The summed E-state index contributed by atoms with van der Waals surface area (Å²) in [5, 5.41) is 1.58. The van der Waals surface area contributed by atoms with Crippen LogP contribution in [0.3, 0.4) is 0 Å². The molecule has 9 heteroatoms. The van der Waals surface area contributed by atoms with Crippen LogP contribution >= 0.6 is 11.6 Å². The fourth-order valence-electron chi connectivity index (χ4n) is 6.17. The van der Waals surface area contributed by atoms with Gasteiger partial charge in [-0.3, -0.25) is 4.99 Å². The zero-order valence-electron chi connectivity index (χ0n) is 19.7. The maximum absolute atomic E-state index is 6.39. The van der Waals surface area contributed by atoms with Crippen molar-refractivity contribution in [2.24, 2.45) is 22.6 Å². The van der Waals surface area contributed by atoms with Crippen molar-refractivity contribution >= 4 is 40.0 Å². The van der Waals surface area contributed by atoms with Crippen molar-refractivity contribution in [1.82, 2.24) is 19.9 Å². The van der Waals surface area contributed by atoms with Crippen LogP contribution in [0.2, 0.25) is 5.15 Å². The third kappa shape index (κ3) is 3.59. The Balaban J connectivity index is 1.33. The van der Waals surface area contributed by atoms with Gasteiger partial charge >= 0.3 is 0 Å². The average Bonchev–Trinajstić information content (AvgIpc) is 3.38. The third-order valence-corrected chi connectivity index (χ3v) is 8.10. The molecule has 0 aromatic carbocycles. The summed E-state index contributed by atoms with van der Waals surface area (Å²) in [6, 6.07) is 4.69. The highest BCUT2D eigenvalue weighted by molar-refractivity contribution is 6.30. The zero-order chi connectivity index (χ0) is 23.4. The lowest BCUT2D eigenvalue weighted by Gasteiger charge is -2.41. The van der Waals surface area contributed by atoms with Crippen LogP contribution in [0.1, 0.15) is 44.4 Å². The molecule has 178 valence electrons. The Morgan fingerprint density at radius 3 is 2.82 bits per heavy atom. The number of rotatable bonds is 4. The molecule has 3 aromatic rings. The first-order valence-corrected chi connectivity index (χ1v) is 12.7. The average molecular weight is 479 g/mol. The van der Waals surface area contributed by atoms with Crippen molar-refractivity contribution < 1.29 is 0 Å². The van der Waals surface area contributed by atoms with E-state index in [-0.39, 0.29) is 0 Å². The van der Waals surface area contributed by atoms with Crippen LogP contribution in [-0.4, -0.2) is 50.9 Å². The summed E-state index contributed by atoms with van der Waals surface area (Å²) in [5.74, 6) is 2.93. The van der Waals surface area contributed by atoms with Gasteiger partial charge in [-0.15, -0.1) is 0 Å². The van der Waals surface area contributed by atoms with Crippen LogP contribution in [0, 0.1) is 11.8 Å². The SMILES string of the molecule is CCC(N)=NC1[C@@H]2CC[C@H]1CN(c1ncnc3c1CN(c1cc(Cl)nc4[nH]ccc14)[C@H](C)C3)C2. The molecule has 0 radical (unpaired) electrons. The van der Waals surface area contributed by atoms with E-state index in [1.165, 1.54) is 18.4 Å². The van der Waals surface area contributed by atoms with E-state index < -0.39 is 0 Å². The van der Waals surface area contributed by atoms with E-state index in [9.17, 15) is 0 Å². The fourth-order valence-corrected chi connectivity index (χ4v) is 6.36. The van der Waals surface area contributed by atoms with Gasteiger partial charge in [-0.25, -0.2) is 15.0 Å². The lowest BCUT2D eigenvalue weighted by molar-refractivity contribution is 0.355. The molecule has 1 aliphatic carbocycles. The Bertz CT molecular complexity index is 1240. The summed E-state index contributed by atoms with van der Waals surface area (Å²) in [4.78, 5) is 27.0. The minimum Gasteiger partial charge on any atom is -0.387 e. The van der Waals surface area contributed by atoms with Crippen molar-refractivity contribution in [3.05, 3.63) is 41.1 Å². The number of halogens is 1. The molecule has 2 fully saturated rings. The summed E-state index contributed by atoms with van der Waals surface area (Å²) >= 11 is 6.39. The second-order valence-corrected chi connectivity index (χ2v) is 10.4. The van der Waals surface area contributed by atoms with E-state index in [0.717, 1.165) is 66.5 Å². The number of H-pyrrole nitrogens is 1. The second kappa shape index (κ2) is 8.41. The molecule has 5 heterocycles. The molecule has 3 N–H and O–H groups in total. The van der Waals surface area contributed by atoms with Crippen molar-refractivity contribution in [2.45, 2.75) is 58.2 Å². The number of nitrogens with one attached hydrogen (secondary N) is 1. The van der Waals surface area contributed by atoms with Crippen molar-refractivity contribution in [2.75, 3.05) is 22.9 Å². The first-order valence-electron chi connectivity index (χ1n) is 12.3. The monoisotopic (exact) mass is 478 g/mol. The van der Waals surface area contributed by atoms with Gasteiger partial charge in [0.05, 0.1) is 23.3 Å². The van der Waals surface area contributed by atoms with Gasteiger partial charge in [-0.2, -0.15) is 0 Å². The molecule has 0 spiro atoms. The van der Waals surface area contributed by atoms with E-state index in [1.54, 1.807) is 6.33 Å². The van der Waals surface area contributed by atoms with Crippen LogP contribution in [-0.2, 0) is 13.0 Å². The molecule has 1 saturated heterocycles. The number of fused-ring (bicyclic) bond motifs is 4. The van der Waals surface area contributed by atoms with Gasteiger partial charge < -0.3 is 20.5 Å². The number of aromatic amines is 1. The quantitative estimate of drug-likeness (QED) is 0.335. The highest BCUT2D eigenvalue weighted by Crippen LogP contribution is 2.42. The number of aromatic nitrogens is 4. The lowest BCUT2D eigenvalue weighted by Crippen LogP contribution is -2.46. The van der Waals surface area contributed by atoms with E-state index >= 15 is 0 Å². The van der Waals surface area contributed by atoms with Gasteiger partial charge in [0.25, 0.3) is 0 Å². The Labute approximate surface area is 204 Å². The van der Waals surface area contributed by atoms with Crippen LogP contribution in [0.4, 0.5) is 11.5 Å². The molecule has 2 bridgehead atoms. The largest absolute Gasteiger partial charge is 0.387 e. The molecule has 6 rings (SSSR count). The van der Waals surface area contributed by atoms with Crippen molar-refractivity contribution in [3.8, 4) is 0 Å². The fraction of sp³-hybridized carbons (Fsp3) is 0.520. The first-order chi connectivity index (χ1) is 16.5. The van der Waals surface area contributed by atoms with Crippen LogP contribution in [0.25, 0.3) is 11.0 Å². The highest BCUT2D eigenvalue weighted by Gasteiger charge is 2.43. The first kappa shape index (κ1) is 21.6. The minimum atomic E-state index is 0.292. The summed E-state index contributed by atoms with van der Waals surface area (Å²) < 4.78 is 0. The molecular weight excluding hydrogens is 448 g/mol. The maximum atomic E-state index is 6.39. The van der Waals surface area contributed by atoms with Crippen molar-refractivity contribution in [1.29, 1.82) is 0 Å². The maximum Gasteiger partial charge on any atom is 0.141 e. The Kier molecular flexibility index (Phi) is 5.36. The topological polar surface area (TPSA) is 99.3 Å². The zero-order valence-corrected chi connectivity index (χ0v) is 20.5. The predicted molar refractivity (Wildman–Crippen MR) is 137 cm³/mol. The molecule has 3 aromatic heterocycles. The number of nitrogens with zero attached hydrogens (tertiary/aromatic N) is 6. The van der Waals surface area contributed by atoms with E-state index in [2.05, 4.69) is 39.7 Å². The number of piperidine rings is 1. The number of pyridine rings is 1. The number of hydrogen-bond donors (Lipinski definition) is 2. The van der Waals surface area contributed by atoms with Crippen LogP contribution in [0.15, 0.2) is 29.6 Å². The van der Waals surface area contributed by atoms with Gasteiger partial charge in [0.15, 0.2) is 0 Å². The number of anilines is 2. The number of hydrogen-bond acceptors (Lipinski definition) is 6.